The van der Waals surface area contributed by atoms with Crippen LogP contribution in [0.1, 0.15) is 11.1 Å². The molecule has 0 amide bonds. The molecule has 6 aromatic rings. The fraction of sp³-hybridized carbons (Fsp3) is 0.0909. The molecule has 3 heteroatoms. The standard InChI is InChI=1S/C22H15N3/c1-12-10-13(2)19-16(11-12)14-7-5-9-18-20(14)25-21(24-18)15-6-3-4-8-17(15)23-22(19)25/h3-11H,1-2H3. The lowest BCUT2D eigenvalue weighted by atomic mass is 9.99. The summed E-state index contributed by atoms with van der Waals surface area (Å²) in [6, 6.07) is 19.2. The lowest BCUT2D eigenvalue weighted by Gasteiger charge is -2.13. The summed E-state index contributed by atoms with van der Waals surface area (Å²) < 4.78 is 2.25. The quantitative estimate of drug-likeness (QED) is 0.277. The van der Waals surface area contributed by atoms with Crippen LogP contribution in [0, 0.1) is 13.8 Å². The van der Waals surface area contributed by atoms with Crippen molar-refractivity contribution in [1.29, 1.82) is 0 Å². The van der Waals surface area contributed by atoms with Crippen LogP contribution < -0.4 is 0 Å². The van der Waals surface area contributed by atoms with Crippen molar-refractivity contribution in [1.82, 2.24) is 14.4 Å². The predicted octanol–water partition coefficient (Wildman–Crippen LogP) is 5.40. The molecule has 3 heterocycles. The number of rotatable bonds is 0. The number of fused-ring (bicyclic) bond motifs is 5. The molecule has 6 rings (SSSR count). The minimum Gasteiger partial charge on any atom is -0.275 e. The number of nitrogens with zero attached hydrogens (tertiary/aromatic N) is 3. The highest BCUT2D eigenvalue weighted by atomic mass is 15.1. The first-order valence-corrected chi connectivity index (χ1v) is 8.54. The molecule has 0 saturated heterocycles. The van der Waals surface area contributed by atoms with Gasteiger partial charge in [-0.3, -0.25) is 4.40 Å². The van der Waals surface area contributed by atoms with Gasteiger partial charge < -0.3 is 0 Å². The van der Waals surface area contributed by atoms with E-state index in [0.29, 0.717) is 0 Å². The number of benzene rings is 3. The zero-order valence-corrected chi connectivity index (χ0v) is 14.0. The SMILES string of the molecule is Cc1cc(C)c2c(c1)c1cccc3nc4c5ccccc5nc2n4c31. The van der Waals surface area contributed by atoms with Crippen LogP contribution >= 0.6 is 0 Å². The van der Waals surface area contributed by atoms with Crippen LogP contribution in [-0.4, -0.2) is 14.4 Å². The van der Waals surface area contributed by atoms with E-state index in [-0.39, 0.29) is 0 Å². The van der Waals surface area contributed by atoms with Crippen LogP contribution in [0.4, 0.5) is 0 Å². The smallest absolute Gasteiger partial charge is 0.149 e. The zero-order chi connectivity index (χ0) is 16.7. The van der Waals surface area contributed by atoms with E-state index in [1.54, 1.807) is 0 Å². The van der Waals surface area contributed by atoms with Crippen molar-refractivity contribution in [2.24, 2.45) is 0 Å². The Labute approximate surface area is 143 Å². The van der Waals surface area contributed by atoms with Crippen LogP contribution in [0.5, 0.6) is 0 Å². The number of hydrogen-bond acceptors (Lipinski definition) is 2. The summed E-state index contributed by atoms with van der Waals surface area (Å²) in [5.74, 6) is 0. The summed E-state index contributed by atoms with van der Waals surface area (Å²) >= 11 is 0. The van der Waals surface area contributed by atoms with E-state index in [2.05, 4.69) is 66.8 Å². The van der Waals surface area contributed by atoms with Gasteiger partial charge in [-0.2, -0.15) is 0 Å². The average Bonchev–Trinajstić information content (AvgIpc) is 3.00. The van der Waals surface area contributed by atoms with Crippen LogP contribution in [-0.2, 0) is 0 Å². The molecular formula is C22H15N3. The molecule has 118 valence electrons. The lowest BCUT2D eigenvalue weighted by Crippen LogP contribution is -1.98. The summed E-state index contributed by atoms with van der Waals surface area (Å²) in [5, 5.41) is 4.83. The van der Waals surface area contributed by atoms with Gasteiger partial charge in [0.15, 0.2) is 0 Å². The third-order valence-corrected chi connectivity index (χ3v) is 5.25. The summed E-state index contributed by atoms with van der Waals surface area (Å²) in [6.07, 6.45) is 0. The number of imidazole rings is 1. The normalized spacial score (nSPS) is 12.4. The molecule has 0 fully saturated rings. The fourth-order valence-electron chi connectivity index (χ4n) is 4.30. The molecule has 3 aromatic carbocycles. The maximum absolute atomic E-state index is 5.04. The Morgan fingerprint density at radius 2 is 1.48 bits per heavy atom. The van der Waals surface area contributed by atoms with Gasteiger partial charge in [-0.05, 0) is 43.0 Å². The minimum absolute atomic E-state index is 0.994. The van der Waals surface area contributed by atoms with Crippen molar-refractivity contribution < 1.29 is 0 Å². The molecule has 0 radical (unpaired) electrons. The van der Waals surface area contributed by atoms with Crippen molar-refractivity contribution in [3.63, 3.8) is 0 Å². The molecule has 25 heavy (non-hydrogen) atoms. The highest BCUT2D eigenvalue weighted by Gasteiger charge is 2.19. The van der Waals surface area contributed by atoms with Gasteiger partial charge in [0.05, 0.1) is 16.6 Å². The molecule has 0 aliphatic heterocycles. The molecule has 0 atom stereocenters. The highest BCUT2D eigenvalue weighted by molar-refractivity contribution is 6.19. The predicted molar refractivity (Wildman–Crippen MR) is 104 cm³/mol. The molecule has 3 aromatic heterocycles. The number of aryl methyl sites for hydroxylation is 2. The van der Waals surface area contributed by atoms with Gasteiger partial charge >= 0.3 is 0 Å². The van der Waals surface area contributed by atoms with E-state index in [0.717, 1.165) is 27.7 Å². The average molecular weight is 321 g/mol. The Hall–Kier alpha value is -3.20. The topological polar surface area (TPSA) is 30.2 Å². The van der Waals surface area contributed by atoms with E-state index in [1.165, 1.54) is 32.8 Å². The lowest BCUT2D eigenvalue weighted by molar-refractivity contribution is 1.24. The third-order valence-electron chi connectivity index (χ3n) is 5.25. The maximum Gasteiger partial charge on any atom is 0.149 e. The van der Waals surface area contributed by atoms with Crippen molar-refractivity contribution in [2.45, 2.75) is 13.8 Å². The molecule has 0 spiro atoms. The molecule has 0 bridgehead atoms. The van der Waals surface area contributed by atoms with E-state index >= 15 is 0 Å². The summed E-state index contributed by atoms with van der Waals surface area (Å²) in [4.78, 5) is 10.0. The Bertz CT molecular complexity index is 1460. The Kier molecular flexibility index (Phi) is 2.23. The van der Waals surface area contributed by atoms with Gasteiger partial charge in [0, 0.05) is 16.2 Å². The first kappa shape index (κ1) is 13.1. The van der Waals surface area contributed by atoms with Gasteiger partial charge in [0.1, 0.15) is 11.3 Å². The fourth-order valence-corrected chi connectivity index (χ4v) is 4.30. The monoisotopic (exact) mass is 321 g/mol. The van der Waals surface area contributed by atoms with Gasteiger partial charge in [-0.25, -0.2) is 9.97 Å². The van der Waals surface area contributed by atoms with Crippen LogP contribution in [0.15, 0.2) is 54.6 Å². The maximum atomic E-state index is 5.04. The van der Waals surface area contributed by atoms with Gasteiger partial charge in [0.25, 0.3) is 0 Å². The molecule has 0 aliphatic carbocycles. The van der Waals surface area contributed by atoms with Crippen molar-refractivity contribution in [2.75, 3.05) is 0 Å². The minimum atomic E-state index is 0.994. The Morgan fingerprint density at radius 1 is 0.720 bits per heavy atom. The number of hydrogen-bond donors (Lipinski definition) is 0. The first-order valence-electron chi connectivity index (χ1n) is 8.54. The van der Waals surface area contributed by atoms with Crippen LogP contribution in [0.25, 0.3) is 49.4 Å². The van der Waals surface area contributed by atoms with Crippen molar-refractivity contribution in [3.8, 4) is 0 Å². The van der Waals surface area contributed by atoms with Gasteiger partial charge in [-0.1, -0.05) is 42.0 Å². The summed E-state index contributed by atoms with van der Waals surface area (Å²) in [5.41, 5.74) is 7.73. The number of para-hydroxylation sites is 2. The first-order chi connectivity index (χ1) is 12.2. The number of aromatic nitrogens is 3. The van der Waals surface area contributed by atoms with E-state index < -0.39 is 0 Å². The van der Waals surface area contributed by atoms with E-state index in [4.69, 9.17) is 9.97 Å². The third kappa shape index (κ3) is 1.51. The van der Waals surface area contributed by atoms with Crippen molar-refractivity contribution in [3.05, 3.63) is 65.7 Å². The molecule has 0 N–H and O–H groups in total. The second kappa shape index (κ2) is 4.25. The van der Waals surface area contributed by atoms with Gasteiger partial charge in [-0.15, -0.1) is 0 Å². The molecule has 0 unspecified atom stereocenters. The highest BCUT2D eigenvalue weighted by Crippen LogP contribution is 2.37. The van der Waals surface area contributed by atoms with Crippen LogP contribution in [0.2, 0.25) is 0 Å². The second-order valence-corrected chi connectivity index (χ2v) is 6.90. The zero-order valence-electron chi connectivity index (χ0n) is 14.0. The number of pyridine rings is 1. The molecule has 0 aliphatic rings. The van der Waals surface area contributed by atoms with Gasteiger partial charge in [0.2, 0.25) is 0 Å². The van der Waals surface area contributed by atoms with Crippen molar-refractivity contribution >= 4 is 49.4 Å². The summed E-state index contributed by atoms with van der Waals surface area (Å²) in [7, 11) is 0. The van der Waals surface area contributed by atoms with E-state index in [1.807, 2.05) is 6.07 Å². The second-order valence-electron chi connectivity index (χ2n) is 6.90. The molecule has 0 saturated carbocycles. The largest absolute Gasteiger partial charge is 0.275 e. The Balaban J connectivity index is 2.10. The Morgan fingerprint density at radius 3 is 2.40 bits per heavy atom. The van der Waals surface area contributed by atoms with Crippen LogP contribution in [0.3, 0.4) is 0 Å². The van der Waals surface area contributed by atoms with E-state index in [9.17, 15) is 0 Å². The molecule has 3 nitrogen and oxygen atoms in total. The summed E-state index contributed by atoms with van der Waals surface area (Å²) in [6.45, 7) is 4.33. The molecular weight excluding hydrogens is 306 g/mol.